The van der Waals surface area contributed by atoms with Gasteiger partial charge in [0.1, 0.15) is 11.6 Å². The van der Waals surface area contributed by atoms with E-state index in [4.69, 9.17) is 5.73 Å². The number of benzene rings is 1. The largest absolute Gasteiger partial charge is 0.507 e. The summed E-state index contributed by atoms with van der Waals surface area (Å²) in [4.78, 5) is 0. The topological polar surface area (TPSA) is 46.2 Å². The van der Waals surface area contributed by atoms with Gasteiger partial charge in [0.15, 0.2) is 0 Å². The highest BCUT2D eigenvalue weighted by Crippen LogP contribution is 2.29. The molecule has 4 heteroatoms. The minimum atomic E-state index is -0.687. The smallest absolute Gasteiger partial charge is 0.133 e. The van der Waals surface area contributed by atoms with Crippen molar-refractivity contribution in [1.29, 1.82) is 0 Å². The van der Waals surface area contributed by atoms with Gasteiger partial charge >= 0.3 is 0 Å². The zero-order valence-corrected chi connectivity index (χ0v) is 8.38. The van der Waals surface area contributed by atoms with Crippen LogP contribution in [0.1, 0.15) is 11.6 Å². The molecule has 1 aromatic carbocycles. The van der Waals surface area contributed by atoms with Crippen LogP contribution in [-0.4, -0.2) is 5.11 Å². The molecule has 0 spiro atoms. The highest BCUT2D eigenvalue weighted by molar-refractivity contribution is 9.10. The van der Waals surface area contributed by atoms with E-state index in [0.29, 0.717) is 4.47 Å². The Kier molecular flexibility index (Phi) is 3.06. The van der Waals surface area contributed by atoms with Crippen molar-refractivity contribution in [2.45, 2.75) is 6.04 Å². The summed E-state index contributed by atoms with van der Waals surface area (Å²) in [6.45, 7) is 3.43. The summed E-state index contributed by atoms with van der Waals surface area (Å²) in [7, 11) is 0. The molecule has 0 aliphatic heterocycles. The molecule has 70 valence electrons. The number of hydrogen-bond donors (Lipinski definition) is 2. The Morgan fingerprint density at radius 1 is 1.62 bits per heavy atom. The molecule has 0 fully saturated rings. The van der Waals surface area contributed by atoms with E-state index in [-0.39, 0.29) is 11.3 Å². The number of hydrogen-bond acceptors (Lipinski definition) is 2. The first-order chi connectivity index (χ1) is 6.06. The summed E-state index contributed by atoms with van der Waals surface area (Å²) < 4.78 is 13.7. The van der Waals surface area contributed by atoms with Crippen LogP contribution in [0.4, 0.5) is 4.39 Å². The van der Waals surface area contributed by atoms with Gasteiger partial charge < -0.3 is 10.8 Å². The fraction of sp³-hybridized carbons (Fsp3) is 0.111. The van der Waals surface area contributed by atoms with Crippen molar-refractivity contribution in [3.05, 3.63) is 40.6 Å². The first kappa shape index (κ1) is 10.2. The fourth-order valence-electron chi connectivity index (χ4n) is 1.02. The zero-order chi connectivity index (χ0) is 10.0. The van der Waals surface area contributed by atoms with Crippen molar-refractivity contribution in [3.8, 4) is 5.75 Å². The molecule has 3 N–H and O–H groups in total. The van der Waals surface area contributed by atoms with Crippen LogP contribution in [0.2, 0.25) is 0 Å². The van der Waals surface area contributed by atoms with Crippen molar-refractivity contribution < 1.29 is 9.50 Å². The average Bonchev–Trinajstić information content (AvgIpc) is 2.02. The summed E-state index contributed by atoms with van der Waals surface area (Å²) in [6, 6.07) is 1.95. The molecule has 1 unspecified atom stereocenters. The Morgan fingerprint density at radius 2 is 2.23 bits per heavy atom. The second-order valence-corrected chi connectivity index (χ2v) is 3.50. The van der Waals surface area contributed by atoms with Crippen LogP contribution >= 0.6 is 15.9 Å². The Bertz CT molecular complexity index is 317. The molecule has 0 saturated heterocycles. The van der Waals surface area contributed by atoms with Crippen molar-refractivity contribution >= 4 is 15.9 Å². The predicted octanol–water partition coefficient (Wildman–Crippen LogP) is 2.48. The Morgan fingerprint density at radius 3 is 2.69 bits per heavy atom. The molecule has 1 rings (SSSR count). The first-order valence-electron chi connectivity index (χ1n) is 3.62. The Hall–Kier alpha value is -0.870. The maximum atomic E-state index is 13.2. The molecule has 0 radical (unpaired) electrons. The minimum Gasteiger partial charge on any atom is -0.507 e. The van der Waals surface area contributed by atoms with Crippen molar-refractivity contribution in [2.24, 2.45) is 5.73 Å². The zero-order valence-electron chi connectivity index (χ0n) is 6.80. The van der Waals surface area contributed by atoms with Gasteiger partial charge in [-0.05, 0) is 12.1 Å². The maximum Gasteiger partial charge on any atom is 0.133 e. The number of phenolic OH excluding ortho intramolecular Hbond substituents is 1. The van der Waals surface area contributed by atoms with E-state index in [0.717, 1.165) is 0 Å². The minimum absolute atomic E-state index is 0.0678. The molecule has 0 bridgehead atoms. The van der Waals surface area contributed by atoms with E-state index in [1.807, 2.05) is 0 Å². The lowest BCUT2D eigenvalue weighted by atomic mass is 10.1. The lowest BCUT2D eigenvalue weighted by Gasteiger charge is -2.10. The summed E-state index contributed by atoms with van der Waals surface area (Å²) >= 11 is 3.05. The maximum absolute atomic E-state index is 13.2. The van der Waals surface area contributed by atoms with Crippen LogP contribution in [0.25, 0.3) is 0 Å². The molecule has 0 amide bonds. The molecule has 0 heterocycles. The Labute approximate surface area is 84.0 Å². The van der Waals surface area contributed by atoms with Gasteiger partial charge in [0.2, 0.25) is 0 Å². The molecule has 0 aromatic heterocycles. The molecule has 2 nitrogen and oxygen atoms in total. The predicted molar refractivity (Wildman–Crippen MR) is 52.9 cm³/mol. The van der Waals surface area contributed by atoms with Crippen LogP contribution in [-0.2, 0) is 0 Å². The molecule has 13 heavy (non-hydrogen) atoms. The second kappa shape index (κ2) is 3.89. The molecule has 0 saturated carbocycles. The van der Waals surface area contributed by atoms with Gasteiger partial charge in [-0.2, -0.15) is 0 Å². The van der Waals surface area contributed by atoms with E-state index in [1.54, 1.807) is 0 Å². The summed E-state index contributed by atoms with van der Waals surface area (Å²) in [5.41, 5.74) is 5.58. The van der Waals surface area contributed by atoms with Gasteiger partial charge in [0.25, 0.3) is 0 Å². The highest BCUT2D eigenvalue weighted by atomic mass is 79.9. The van der Waals surface area contributed by atoms with Crippen LogP contribution in [0.15, 0.2) is 29.3 Å². The highest BCUT2D eigenvalue weighted by Gasteiger charge is 2.14. The van der Waals surface area contributed by atoms with E-state index in [2.05, 4.69) is 22.5 Å². The normalized spacial score (nSPS) is 12.5. The van der Waals surface area contributed by atoms with Crippen molar-refractivity contribution in [3.63, 3.8) is 0 Å². The van der Waals surface area contributed by atoms with Gasteiger partial charge in [0.05, 0.1) is 11.6 Å². The quantitative estimate of drug-likeness (QED) is 0.787. The van der Waals surface area contributed by atoms with Crippen molar-refractivity contribution in [1.82, 2.24) is 0 Å². The van der Waals surface area contributed by atoms with Gasteiger partial charge in [-0.1, -0.05) is 22.0 Å². The van der Waals surface area contributed by atoms with Gasteiger partial charge in [-0.15, -0.1) is 6.58 Å². The fourth-order valence-corrected chi connectivity index (χ4v) is 1.44. The van der Waals surface area contributed by atoms with Crippen LogP contribution in [0, 0.1) is 5.82 Å². The standard InChI is InChI=1S/C9H9BrFNO/c1-2-7(12)9-6(11)3-5(10)4-8(9)13/h2-4,7,13H,1,12H2. The molecular weight excluding hydrogens is 237 g/mol. The average molecular weight is 246 g/mol. The van der Waals surface area contributed by atoms with E-state index >= 15 is 0 Å². The third-order valence-corrected chi connectivity index (χ3v) is 2.12. The number of rotatable bonds is 2. The molecular formula is C9H9BrFNO. The SMILES string of the molecule is C=CC(N)c1c(O)cc(Br)cc1F. The van der Waals surface area contributed by atoms with E-state index in [1.165, 1.54) is 18.2 Å². The van der Waals surface area contributed by atoms with Crippen LogP contribution < -0.4 is 5.73 Å². The summed E-state index contributed by atoms with van der Waals surface area (Å²) in [5, 5.41) is 9.38. The van der Waals surface area contributed by atoms with Gasteiger partial charge in [-0.25, -0.2) is 4.39 Å². The summed E-state index contributed by atoms with van der Waals surface area (Å²) in [6.07, 6.45) is 1.37. The first-order valence-corrected chi connectivity index (χ1v) is 4.41. The number of phenols is 1. The second-order valence-electron chi connectivity index (χ2n) is 2.58. The van der Waals surface area contributed by atoms with E-state index in [9.17, 15) is 9.50 Å². The van der Waals surface area contributed by atoms with Crippen LogP contribution in [0.3, 0.4) is 0 Å². The third-order valence-electron chi connectivity index (χ3n) is 1.66. The van der Waals surface area contributed by atoms with Gasteiger partial charge in [0, 0.05) is 4.47 Å². The monoisotopic (exact) mass is 245 g/mol. The summed E-state index contributed by atoms with van der Waals surface area (Å²) in [5.74, 6) is -0.710. The number of aromatic hydroxyl groups is 1. The number of nitrogens with two attached hydrogens (primary N) is 1. The van der Waals surface area contributed by atoms with E-state index < -0.39 is 11.9 Å². The van der Waals surface area contributed by atoms with Gasteiger partial charge in [-0.3, -0.25) is 0 Å². The molecule has 1 aromatic rings. The van der Waals surface area contributed by atoms with Crippen LogP contribution in [0.5, 0.6) is 5.75 Å². The molecule has 1 atom stereocenters. The third kappa shape index (κ3) is 2.08. The lowest BCUT2D eigenvalue weighted by Crippen LogP contribution is -2.09. The Balaban J connectivity index is 3.28. The lowest BCUT2D eigenvalue weighted by molar-refractivity contribution is 0.455. The molecule has 0 aliphatic carbocycles. The molecule has 0 aliphatic rings. The van der Waals surface area contributed by atoms with Crippen molar-refractivity contribution in [2.75, 3.05) is 0 Å². The number of halogens is 2.